The molecular formula is C19H29N3O2. The number of aryl methyl sites for hydroxylation is 2. The van der Waals surface area contributed by atoms with Crippen LogP contribution in [0.5, 0.6) is 0 Å². The van der Waals surface area contributed by atoms with E-state index < -0.39 is 0 Å². The van der Waals surface area contributed by atoms with Crippen molar-refractivity contribution in [1.82, 2.24) is 14.5 Å². The molecule has 0 amide bonds. The van der Waals surface area contributed by atoms with Gasteiger partial charge in [-0.3, -0.25) is 0 Å². The largest absolute Gasteiger partial charge is 0.390 e. The summed E-state index contributed by atoms with van der Waals surface area (Å²) in [7, 11) is 0. The van der Waals surface area contributed by atoms with Crippen molar-refractivity contribution in [3.05, 3.63) is 29.6 Å². The van der Waals surface area contributed by atoms with Gasteiger partial charge in [0.1, 0.15) is 0 Å². The van der Waals surface area contributed by atoms with Crippen LogP contribution in [0.15, 0.2) is 18.5 Å². The molecule has 5 nitrogen and oxygen atoms in total. The van der Waals surface area contributed by atoms with Gasteiger partial charge in [-0.05, 0) is 56.9 Å². The maximum absolute atomic E-state index is 10.5. The summed E-state index contributed by atoms with van der Waals surface area (Å²) in [5.41, 5.74) is 4.62. The molecule has 1 fully saturated rings. The molecular weight excluding hydrogens is 302 g/mol. The van der Waals surface area contributed by atoms with Gasteiger partial charge in [0.05, 0.1) is 36.1 Å². The number of nitrogens with zero attached hydrogens (tertiary/aromatic N) is 3. The zero-order valence-corrected chi connectivity index (χ0v) is 15.0. The van der Waals surface area contributed by atoms with Crippen LogP contribution in [0, 0.1) is 13.8 Å². The Bertz CT molecular complexity index is 675. The molecule has 1 aliphatic rings. The predicted octanol–water partition coefficient (Wildman–Crippen LogP) is 2.51. The molecule has 1 atom stereocenters. The Morgan fingerprint density at radius 1 is 1.21 bits per heavy atom. The average molecular weight is 331 g/mol. The van der Waals surface area contributed by atoms with E-state index in [2.05, 4.69) is 47.4 Å². The fourth-order valence-corrected chi connectivity index (χ4v) is 3.54. The Balaban J connectivity index is 1.58. The minimum atomic E-state index is -0.382. The van der Waals surface area contributed by atoms with E-state index >= 15 is 0 Å². The van der Waals surface area contributed by atoms with Gasteiger partial charge in [-0.25, -0.2) is 4.98 Å². The first-order valence-corrected chi connectivity index (χ1v) is 9.01. The Kier molecular flexibility index (Phi) is 5.54. The van der Waals surface area contributed by atoms with Crippen LogP contribution in [0.2, 0.25) is 0 Å². The number of aromatic nitrogens is 2. The Labute approximate surface area is 144 Å². The van der Waals surface area contributed by atoms with E-state index in [4.69, 9.17) is 4.74 Å². The van der Waals surface area contributed by atoms with Gasteiger partial charge in [-0.15, -0.1) is 0 Å². The molecule has 0 radical (unpaired) electrons. The first-order chi connectivity index (χ1) is 11.6. The van der Waals surface area contributed by atoms with Crippen LogP contribution >= 0.6 is 0 Å². The van der Waals surface area contributed by atoms with Crippen LogP contribution in [-0.4, -0.2) is 58.0 Å². The van der Waals surface area contributed by atoms with Crippen LogP contribution in [0.4, 0.5) is 0 Å². The molecule has 1 aromatic carbocycles. The Hall–Kier alpha value is -1.43. The number of fused-ring (bicyclic) bond motifs is 1. The minimum Gasteiger partial charge on any atom is -0.390 e. The number of ether oxygens (including phenoxy) is 1. The fraction of sp³-hybridized carbons (Fsp3) is 0.632. The van der Waals surface area contributed by atoms with Gasteiger partial charge in [0, 0.05) is 26.2 Å². The quantitative estimate of drug-likeness (QED) is 0.884. The summed E-state index contributed by atoms with van der Waals surface area (Å²) in [5.74, 6) is 0. The lowest BCUT2D eigenvalue weighted by Gasteiger charge is -2.33. The number of β-amino-alcohol motifs (C(OH)–C–C–N with tert-alkyl or cyclic N) is 1. The second kappa shape index (κ2) is 7.64. The highest BCUT2D eigenvalue weighted by atomic mass is 16.5. The molecule has 1 aliphatic heterocycles. The van der Waals surface area contributed by atoms with E-state index in [1.165, 1.54) is 11.1 Å². The van der Waals surface area contributed by atoms with Crippen LogP contribution in [0.3, 0.4) is 0 Å². The molecule has 132 valence electrons. The molecule has 5 heteroatoms. The molecule has 3 rings (SSSR count). The summed E-state index contributed by atoms with van der Waals surface area (Å²) in [5, 5.41) is 10.5. The van der Waals surface area contributed by atoms with Crippen molar-refractivity contribution in [1.29, 1.82) is 0 Å². The van der Waals surface area contributed by atoms with Crippen molar-refractivity contribution in [3.63, 3.8) is 0 Å². The van der Waals surface area contributed by atoms with Crippen LogP contribution in [0.1, 0.15) is 30.9 Å². The second-order valence-corrected chi connectivity index (χ2v) is 6.93. The standard InChI is InChI=1S/C19H29N3O2/c1-4-24-17-5-7-21(8-6-17)11-16(23)12-22-13-20-18-9-14(2)15(3)10-19(18)22/h9-10,13,16-17,23H,4-8,11-12H2,1-3H3. The zero-order valence-electron chi connectivity index (χ0n) is 15.0. The smallest absolute Gasteiger partial charge is 0.0959 e. The maximum Gasteiger partial charge on any atom is 0.0959 e. The summed E-state index contributed by atoms with van der Waals surface area (Å²) < 4.78 is 7.76. The minimum absolute atomic E-state index is 0.382. The van der Waals surface area contributed by atoms with Crippen molar-refractivity contribution in [3.8, 4) is 0 Å². The number of imidazole rings is 1. The summed E-state index contributed by atoms with van der Waals surface area (Å²) in [6, 6.07) is 4.28. The van der Waals surface area contributed by atoms with E-state index in [1.807, 2.05) is 6.33 Å². The summed E-state index contributed by atoms with van der Waals surface area (Å²) >= 11 is 0. The fourth-order valence-electron chi connectivity index (χ4n) is 3.54. The first-order valence-electron chi connectivity index (χ1n) is 9.01. The third-order valence-electron chi connectivity index (χ3n) is 5.05. The number of benzene rings is 1. The average Bonchev–Trinajstić information content (AvgIpc) is 2.92. The van der Waals surface area contributed by atoms with Gasteiger partial charge in [0.15, 0.2) is 0 Å². The third kappa shape index (κ3) is 3.97. The molecule has 0 bridgehead atoms. The number of hydrogen-bond acceptors (Lipinski definition) is 4. The van der Waals surface area contributed by atoms with E-state index in [0.717, 1.165) is 43.6 Å². The van der Waals surface area contributed by atoms with Gasteiger partial charge >= 0.3 is 0 Å². The van der Waals surface area contributed by atoms with Gasteiger partial charge in [0.25, 0.3) is 0 Å². The van der Waals surface area contributed by atoms with Crippen molar-refractivity contribution >= 4 is 11.0 Å². The lowest BCUT2D eigenvalue weighted by molar-refractivity contribution is 0.00194. The highest BCUT2D eigenvalue weighted by Gasteiger charge is 2.21. The summed E-state index contributed by atoms with van der Waals surface area (Å²) in [6.07, 6.45) is 3.98. The number of hydrogen-bond donors (Lipinski definition) is 1. The number of aliphatic hydroxyl groups is 1. The Morgan fingerprint density at radius 2 is 1.92 bits per heavy atom. The van der Waals surface area contributed by atoms with Crippen LogP contribution < -0.4 is 0 Å². The molecule has 1 saturated heterocycles. The molecule has 1 aromatic heterocycles. The van der Waals surface area contributed by atoms with Crippen LogP contribution in [0.25, 0.3) is 11.0 Å². The predicted molar refractivity (Wildman–Crippen MR) is 96.3 cm³/mol. The van der Waals surface area contributed by atoms with Crippen molar-refractivity contribution in [2.75, 3.05) is 26.2 Å². The molecule has 0 spiro atoms. The van der Waals surface area contributed by atoms with Gasteiger partial charge in [-0.1, -0.05) is 0 Å². The van der Waals surface area contributed by atoms with Gasteiger partial charge in [-0.2, -0.15) is 0 Å². The topological polar surface area (TPSA) is 50.5 Å². The van der Waals surface area contributed by atoms with Crippen molar-refractivity contribution in [2.45, 2.75) is 52.4 Å². The Morgan fingerprint density at radius 3 is 2.62 bits per heavy atom. The molecule has 1 unspecified atom stereocenters. The van der Waals surface area contributed by atoms with Gasteiger partial charge < -0.3 is 19.3 Å². The third-order valence-corrected chi connectivity index (χ3v) is 5.05. The van der Waals surface area contributed by atoms with E-state index in [9.17, 15) is 5.11 Å². The first kappa shape index (κ1) is 17.4. The highest BCUT2D eigenvalue weighted by Crippen LogP contribution is 2.19. The van der Waals surface area contributed by atoms with Gasteiger partial charge in [0.2, 0.25) is 0 Å². The zero-order chi connectivity index (χ0) is 17.1. The molecule has 2 aromatic rings. The SMILES string of the molecule is CCOC1CCN(CC(O)Cn2cnc3cc(C)c(C)cc32)CC1. The van der Waals surface area contributed by atoms with E-state index in [1.54, 1.807) is 0 Å². The molecule has 2 heterocycles. The molecule has 1 N–H and O–H groups in total. The number of piperidine rings is 1. The highest BCUT2D eigenvalue weighted by molar-refractivity contribution is 5.77. The number of aliphatic hydroxyl groups excluding tert-OH is 1. The normalized spacial score (nSPS) is 18.3. The molecule has 24 heavy (non-hydrogen) atoms. The van der Waals surface area contributed by atoms with Crippen LogP contribution in [-0.2, 0) is 11.3 Å². The molecule has 0 saturated carbocycles. The molecule has 0 aliphatic carbocycles. The van der Waals surface area contributed by atoms with Crippen molar-refractivity contribution < 1.29 is 9.84 Å². The monoisotopic (exact) mass is 331 g/mol. The van der Waals surface area contributed by atoms with E-state index in [-0.39, 0.29) is 6.10 Å². The summed E-state index contributed by atoms with van der Waals surface area (Å²) in [4.78, 5) is 6.81. The van der Waals surface area contributed by atoms with Crippen molar-refractivity contribution in [2.24, 2.45) is 0 Å². The summed E-state index contributed by atoms with van der Waals surface area (Å²) in [6.45, 7) is 10.4. The number of rotatable bonds is 6. The second-order valence-electron chi connectivity index (χ2n) is 6.93. The maximum atomic E-state index is 10.5. The lowest BCUT2D eigenvalue weighted by atomic mass is 10.1. The van der Waals surface area contributed by atoms with E-state index in [0.29, 0.717) is 19.2 Å². The lowest BCUT2D eigenvalue weighted by Crippen LogP contribution is -2.42. The number of likely N-dealkylation sites (tertiary alicyclic amines) is 1.